The number of hydrogen-bond donors (Lipinski definition) is 0. The van der Waals surface area contributed by atoms with Crippen molar-refractivity contribution in [1.29, 1.82) is 0 Å². The van der Waals surface area contributed by atoms with Crippen LogP contribution in [-0.2, 0) is 6.54 Å². The lowest BCUT2D eigenvalue weighted by Crippen LogP contribution is -2.29. The lowest BCUT2D eigenvalue weighted by atomic mass is 10.1. The van der Waals surface area contributed by atoms with Gasteiger partial charge in [0.05, 0.1) is 18.2 Å². The summed E-state index contributed by atoms with van der Waals surface area (Å²) in [6, 6.07) is 0. The van der Waals surface area contributed by atoms with E-state index in [1.54, 1.807) is 5.38 Å². The number of piperidine rings is 1. The highest BCUT2D eigenvalue weighted by molar-refractivity contribution is 7.09. The van der Waals surface area contributed by atoms with Gasteiger partial charge in [-0.15, -0.1) is 11.3 Å². The molecule has 0 amide bonds. The number of carboxylic acids is 1. The molecule has 82 valence electrons. The summed E-state index contributed by atoms with van der Waals surface area (Å²) in [6.45, 7) is 2.97. The number of aromatic nitrogens is 1. The van der Waals surface area contributed by atoms with Gasteiger partial charge in [0.15, 0.2) is 0 Å². The summed E-state index contributed by atoms with van der Waals surface area (Å²) in [6.07, 6.45) is 3.77. The van der Waals surface area contributed by atoms with Crippen molar-refractivity contribution in [2.45, 2.75) is 25.8 Å². The third kappa shape index (κ3) is 2.76. The fourth-order valence-electron chi connectivity index (χ4n) is 1.79. The molecule has 1 aromatic rings. The third-order valence-corrected chi connectivity index (χ3v) is 3.40. The Balaban J connectivity index is 1.94. The van der Waals surface area contributed by atoms with Crippen LogP contribution in [0.4, 0.5) is 0 Å². The first kappa shape index (κ1) is 10.6. The van der Waals surface area contributed by atoms with Gasteiger partial charge in [-0.2, -0.15) is 0 Å². The Labute approximate surface area is 92.6 Å². The molecular formula is C10H13N2O2S-. The molecular weight excluding hydrogens is 212 g/mol. The molecule has 2 heterocycles. The van der Waals surface area contributed by atoms with Crippen LogP contribution in [0.5, 0.6) is 0 Å². The molecule has 0 aromatic carbocycles. The van der Waals surface area contributed by atoms with E-state index in [1.807, 2.05) is 0 Å². The van der Waals surface area contributed by atoms with E-state index in [4.69, 9.17) is 0 Å². The number of likely N-dealkylation sites (tertiary alicyclic amines) is 1. The standard InChI is InChI=1S/C10H14N2O2S/c13-10(14)8-7-15-9(11-8)6-12-4-2-1-3-5-12/h7H,1-6H2,(H,13,14)/p-1. The minimum Gasteiger partial charge on any atom is -0.543 e. The topological polar surface area (TPSA) is 56.3 Å². The van der Waals surface area contributed by atoms with Gasteiger partial charge in [0.1, 0.15) is 5.01 Å². The highest BCUT2D eigenvalue weighted by atomic mass is 32.1. The third-order valence-electron chi connectivity index (χ3n) is 2.57. The first-order valence-corrected chi connectivity index (χ1v) is 6.02. The molecule has 5 heteroatoms. The fourth-order valence-corrected chi connectivity index (χ4v) is 2.59. The molecule has 0 unspecified atom stereocenters. The Kier molecular flexibility index (Phi) is 3.33. The molecule has 0 spiro atoms. The van der Waals surface area contributed by atoms with Crippen molar-refractivity contribution in [2.24, 2.45) is 0 Å². The van der Waals surface area contributed by atoms with E-state index in [2.05, 4.69) is 9.88 Å². The molecule has 1 aliphatic heterocycles. The summed E-state index contributed by atoms with van der Waals surface area (Å²) in [5.74, 6) is -1.18. The molecule has 2 rings (SSSR count). The molecule has 4 nitrogen and oxygen atoms in total. The van der Waals surface area contributed by atoms with E-state index in [0.717, 1.165) is 24.6 Å². The van der Waals surface area contributed by atoms with Crippen LogP contribution in [0, 0.1) is 0 Å². The number of nitrogens with zero attached hydrogens (tertiary/aromatic N) is 2. The van der Waals surface area contributed by atoms with Crippen LogP contribution in [0.2, 0.25) is 0 Å². The second-order valence-electron chi connectivity index (χ2n) is 3.75. The van der Waals surface area contributed by atoms with Crippen molar-refractivity contribution in [3.63, 3.8) is 0 Å². The van der Waals surface area contributed by atoms with Crippen LogP contribution in [0.3, 0.4) is 0 Å². The quantitative estimate of drug-likeness (QED) is 0.751. The van der Waals surface area contributed by atoms with Crippen LogP contribution in [0.15, 0.2) is 5.38 Å². The second-order valence-corrected chi connectivity index (χ2v) is 4.69. The highest BCUT2D eigenvalue weighted by Crippen LogP contribution is 2.15. The van der Waals surface area contributed by atoms with Gasteiger partial charge in [0, 0.05) is 5.38 Å². The van der Waals surface area contributed by atoms with Crippen molar-refractivity contribution in [2.75, 3.05) is 13.1 Å². The Bertz CT molecular complexity index is 345. The monoisotopic (exact) mass is 225 g/mol. The molecule has 0 bridgehead atoms. The van der Waals surface area contributed by atoms with Crippen LogP contribution >= 0.6 is 11.3 Å². The zero-order valence-electron chi connectivity index (χ0n) is 8.44. The number of thiazole rings is 1. The number of rotatable bonds is 3. The highest BCUT2D eigenvalue weighted by Gasteiger charge is 2.12. The molecule has 0 N–H and O–H groups in total. The number of carboxylic acid groups (broad SMARTS) is 1. The maximum atomic E-state index is 10.5. The molecule has 1 saturated heterocycles. The van der Waals surface area contributed by atoms with E-state index in [-0.39, 0.29) is 5.69 Å². The Hall–Kier alpha value is -0.940. The predicted molar refractivity (Wildman–Crippen MR) is 55.6 cm³/mol. The maximum absolute atomic E-state index is 10.5. The van der Waals surface area contributed by atoms with Crippen molar-refractivity contribution < 1.29 is 9.90 Å². The van der Waals surface area contributed by atoms with Gasteiger partial charge < -0.3 is 9.90 Å². The Morgan fingerprint density at radius 3 is 2.80 bits per heavy atom. The van der Waals surface area contributed by atoms with Gasteiger partial charge >= 0.3 is 0 Å². The Morgan fingerprint density at radius 1 is 1.47 bits per heavy atom. The van der Waals surface area contributed by atoms with E-state index in [0.29, 0.717) is 0 Å². The fraction of sp³-hybridized carbons (Fsp3) is 0.600. The average Bonchev–Trinajstić information content (AvgIpc) is 2.68. The molecule has 1 aliphatic rings. The number of carbonyl (C=O) groups is 1. The van der Waals surface area contributed by atoms with Gasteiger partial charge in [0.2, 0.25) is 0 Å². The van der Waals surface area contributed by atoms with Crippen LogP contribution in [-0.4, -0.2) is 28.9 Å². The predicted octanol–water partition coefficient (Wildman–Crippen LogP) is 0.493. The van der Waals surface area contributed by atoms with Crippen molar-refractivity contribution in [3.8, 4) is 0 Å². The summed E-state index contributed by atoms with van der Waals surface area (Å²) >= 11 is 1.40. The second kappa shape index (κ2) is 4.72. The van der Waals surface area contributed by atoms with Crippen molar-refractivity contribution >= 4 is 17.3 Å². The van der Waals surface area contributed by atoms with Gasteiger partial charge in [-0.3, -0.25) is 4.90 Å². The summed E-state index contributed by atoms with van der Waals surface area (Å²) in [5.41, 5.74) is 0.0620. The normalized spacial score (nSPS) is 17.9. The SMILES string of the molecule is O=C([O-])c1csc(CN2CCCCC2)n1. The molecule has 1 fully saturated rings. The zero-order chi connectivity index (χ0) is 10.7. The lowest BCUT2D eigenvalue weighted by molar-refractivity contribution is -0.255. The van der Waals surface area contributed by atoms with Gasteiger partial charge in [-0.1, -0.05) is 6.42 Å². The molecule has 0 radical (unpaired) electrons. The number of aromatic carboxylic acids is 1. The molecule has 0 atom stereocenters. The zero-order valence-corrected chi connectivity index (χ0v) is 9.26. The van der Waals surface area contributed by atoms with Crippen LogP contribution in [0.1, 0.15) is 34.8 Å². The molecule has 1 aromatic heterocycles. The molecule has 0 saturated carbocycles. The summed E-state index contributed by atoms with van der Waals surface area (Å²) in [5, 5.41) is 12.9. The number of carbonyl (C=O) groups excluding carboxylic acids is 1. The largest absolute Gasteiger partial charge is 0.543 e. The van der Waals surface area contributed by atoms with E-state index >= 15 is 0 Å². The van der Waals surface area contributed by atoms with Crippen molar-refractivity contribution in [3.05, 3.63) is 16.1 Å². The Morgan fingerprint density at radius 2 is 2.20 bits per heavy atom. The minimum atomic E-state index is -1.18. The van der Waals surface area contributed by atoms with Crippen molar-refractivity contribution in [1.82, 2.24) is 9.88 Å². The van der Waals surface area contributed by atoms with Crippen LogP contribution in [0.25, 0.3) is 0 Å². The number of hydrogen-bond acceptors (Lipinski definition) is 5. The van der Waals surface area contributed by atoms with E-state index in [9.17, 15) is 9.90 Å². The molecule has 15 heavy (non-hydrogen) atoms. The van der Waals surface area contributed by atoms with Gasteiger partial charge in [-0.25, -0.2) is 4.98 Å². The van der Waals surface area contributed by atoms with Gasteiger partial charge in [0.25, 0.3) is 0 Å². The minimum absolute atomic E-state index is 0.0620. The summed E-state index contributed by atoms with van der Waals surface area (Å²) in [4.78, 5) is 16.9. The first-order chi connectivity index (χ1) is 7.25. The summed E-state index contributed by atoms with van der Waals surface area (Å²) < 4.78 is 0. The van der Waals surface area contributed by atoms with Crippen LogP contribution < -0.4 is 5.11 Å². The van der Waals surface area contributed by atoms with Gasteiger partial charge in [-0.05, 0) is 25.9 Å². The summed E-state index contributed by atoms with van der Waals surface area (Å²) in [7, 11) is 0. The maximum Gasteiger partial charge on any atom is 0.107 e. The van der Waals surface area contributed by atoms with E-state index < -0.39 is 5.97 Å². The lowest BCUT2D eigenvalue weighted by Gasteiger charge is -2.25. The average molecular weight is 225 g/mol. The van der Waals surface area contributed by atoms with E-state index in [1.165, 1.54) is 30.6 Å². The molecule has 0 aliphatic carbocycles. The smallest absolute Gasteiger partial charge is 0.107 e. The first-order valence-electron chi connectivity index (χ1n) is 5.14.